The van der Waals surface area contributed by atoms with Crippen LogP contribution in [0.3, 0.4) is 0 Å². The summed E-state index contributed by atoms with van der Waals surface area (Å²) >= 11 is 0. The minimum absolute atomic E-state index is 0.172. The Morgan fingerprint density at radius 3 is 2.81 bits per heavy atom. The zero-order valence-electron chi connectivity index (χ0n) is 10.8. The Bertz CT molecular complexity index is 195. The fourth-order valence-electron chi connectivity index (χ4n) is 2.14. The molecule has 4 heteroatoms. The van der Waals surface area contributed by atoms with Crippen LogP contribution in [0.1, 0.15) is 26.7 Å². The summed E-state index contributed by atoms with van der Waals surface area (Å²) in [7, 11) is 2.11. The predicted octanol–water partition coefficient (Wildman–Crippen LogP) is 0.458. The molecule has 2 N–H and O–H groups in total. The Labute approximate surface area is 99.0 Å². The topological polar surface area (TPSA) is 44.7 Å². The molecule has 2 unspecified atom stereocenters. The molecular formula is C12H26N2O2. The van der Waals surface area contributed by atoms with Crippen molar-refractivity contribution in [1.82, 2.24) is 10.2 Å². The summed E-state index contributed by atoms with van der Waals surface area (Å²) in [6.45, 7) is 7.89. The van der Waals surface area contributed by atoms with E-state index in [1.165, 1.54) is 0 Å². The Morgan fingerprint density at radius 2 is 2.31 bits per heavy atom. The largest absolute Gasteiger partial charge is 0.394 e. The van der Waals surface area contributed by atoms with E-state index in [0.29, 0.717) is 6.04 Å². The van der Waals surface area contributed by atoms with E-state index in [1.807, 2.05) is 0 Å². The summed E-state index contributed by atoms with van der Waals surface area (Å²) in [6.07, 6.45) is 2.19. The highest BCUT2D eigenvalue weighted by Crippen LogP contribution is 2.14. The molecule has 1 aliphatic heterocycles. The standard InChI is InChI=1S/C12H26N2O2/c1-4-6-13-12(2,10-15)9-14(3)11-5-7-16-8-11/h11,13,15H,4-10H2,1-3H3. The molecule has 0 spiro atoms. The van der Waals surface area contributed by atoms with Crippen LogP contribution in [0.4, 0.5) is 0 Å². The molecule has 0 aliphatic carbocycles. The van der Waals surface area contributed by atoms with Crippen molar-refractivity contribution in [2.45, 2.75) is 38.3 Å². The zero-order valence-corrected chi connectivity index (χ0v) is 10.8. The Balaban J connectivity index is 2.40. The van der Waals surface area contributed by atoms with E-state index in [-0.39, 0.29) is 12.1 Å². The second-order valence-electron chi connectivity index (χ2n) is 5.08. The molecule has 0 aromatic rings. The molecule has 96 valence electrons. The van der Waals surface area contributed by atoms with Crippen molar-refractivity contribution < 1.29 is 9.84 Å². The number of aliphatic hydroxyl groups is 1. The molecule has 0 saturated carbocycles. The van der Waals surface area contributed by atoms with E-state index in [9.17, 15) is 5.11 Å². The van der Waals surface area contributed by atoms with Crippen LogP contribution in [-0.2, 0) is 4.74 Å². The van der Waals surface area contributed by atoms with Crippen LogP contribution in [0.15, 0.2) is 0 Å². The number of rotatable bonds is 7. The second-order valence-corrected chi connectivity index (χ2v) is 5.08. The van der Waals surface area contributed by atoms with Gasteiger partial charge >= 0.3 is 0 Å². The fourth-order valence-corrected chi connectivity index (χ4v) is 2.14. The molecule has 1 heterocycles. The fraction of sp³-hybridized carbons (Fsp3) is 1.00. The molecule has 0 aromatic carbocycles. The molecule has 0 aromatic heterocycles. The first-order valence-corrected chi connectivity index (χ1v) is 6.25. The Hall–Kier alpha value is -0.160. The van der Waals surface area contributed by atoms with Crippen LogP contribution in [-0.4, -0.2) is 61.5 Å². The number of aliphatic hydroxyl groups excluding tert-OH is 1. The van der Waals surface area contributed by atoms with Crippen molar-refractivity contribution in [2.24, 2.45) is 0 Å². The summed E-state index contributed by atoms with van der Waals surface area (Å²) in [6, 6.07) is 0.509. The Kier molecular flexibility index (Phi) is 5.69. The number of hydrogen-bond acceptors (Lipinski definition) is 4. The van der Waals surface area contributed by atoms with Gasteiger partial charge in [-0.15, -0.1) is 0 Å². The second kappa shape index (κ2) is 6.55. The monoisotopic (exact) mass is 230 g/mol. The van der Waals surface area contributed by atoms with Crippen molar-refractivity contribution in [3.63, 3.8) is 0 Å². The average molecular weight is 230 g/mol. The smallest absolute Gasteiger partial charge is 0.0623 e. The van der Waals surface area contributed by atoms with Gasteiger partial charge < -0.3 is 15.2 Å². The highest BCUT2D eigenvalue weighted by molar-refractivity contribution is 4.87. The van der Waals surface area contributed by atoms with Crippen LogP contribution < -0.4 is 5.32 Å². The van der Waals surface area contributed by atoms with Crippen LogP contribution in [0.5, 0.6) is 0 Å². The highest BCUT2D eigenvalue weighted by atomic mass is 16.5. The molecule has 1 saturated heterocycles. The van der Waals surface area contributed by atoms with Gasteiger partial charge in [-0.05, 0) is 33.4 Å². The predicted molar refractivity (Wildman–Crippen MR) is 65.6 cm³/mol. The SMILES string of the molecule is CCCNC(C)(CO)CN(C)C1CCOC1. The summed E-state index contributed by atoms with van der Waals surface area (Å²) < 4.78 is 5.38. The normalized spacial score (nSPS) is 24.9. The molecule has 1 aliphatic rings. The van der Waals surface area contributed by atoms with E-state index < -0.39 is 0 Å². The Morgan fingerprint density at radius 1 is 1.56 bits per heavy atom. The van der Waals surface area contributed by atoms with E-state index in [1.54, 1.807) is 0 Å². The van der Waals surface area contributed by atoms with E-state index >= 15 is 0 Å². The molecule has 0 radical (unpaired) electrons. The molecule has 0 bridgehead atoms. The van der Waals surface area contributed by atoms with Crippen molar-refractivity contribution in [1.29, 1.82) is 0 Å². The van der Waals surface area contributed by atoms with Gasteiger partial charge in [0.1, 0.15) is 0 Å². The van der Waals surface area contributed by atoms with Crippen molar-refractivity contribution in [3.05, 3.63) is 0 Å². The van der Waals surface area contributed by atoms with Gasteiger partial charge in [0, 0.05) is 19.2 Å². The molecule has 2 atom stereocenters. The zero-order chi connectivity index (χ0) is 12.0. The molecule has 16 heavy (non-hydrogen) atoms. The van der Waals surface area contributed by atoms with Crippen LogP contribution in [0.25, 0.3) is 0 Å². The lowest BCUT2D eigenvalue weighted by Crippen LogP contribution is -2.55. The van der Waals surface area contributed by atoms with Crippen molar-refractivity contribution in [2.75, 3.05) is 40.0 Å². The van der Waals surface area contributed by atoms with E-state index in [4.69, 9.17) is 4.74 Å². The van der Waals surface area contributed by atoms with Gasteiger partial charge in [-0.3, -0.25) is 4.90 Å². The molecule has 1 fully saturated rings. The van der Waals surface area contributed by atoms with Crippen LogP contribution in [0.2, 0.25) is 0 Å². The molecular weight excluding hydrogens is 204 g/mol. The van der Waals surface area contributed by atoms with Gasteiger partial charge in [0.2, 0.25) is 0 Å². The summed E-state index contributed by atoms with van der Waals surface area (Å²) in [4.78, 5) is 2.30. The van der Waals surface area contributed by atoms with Gasteiger partial charge in [-0.1, -0.05) is 6.92 Å². The number of nitrogens with one attached hydrogen (secondary N) is 1. The van der Waals surface area contributed by atoms with E-state index in [2.05, 4.69) is 31.1 Å². The highest BCUT2D eigenvalue weighted by Gasteiger charge is 2.28. The third-order valence-electron chi connectivity index (χ3n) is 3.28. The summed E-state index contributed by atoms with van der Waals surface area (Å²) in [5.74, 6) is 0. The first-order chi connectivity index (χ1) is 7.61. The van der Waals surface area contributed by atoms with Gasteiger partial charge in [-0.2, -0.15) is 0 Å². The quantitative estimate of drug-likeness (QED) is 0.667. The third-order valence-corrected chi connectivity index (χ3v) is 3.28. The number of ether oxygens (including phenoxy) is 1. The maximum atomic E-state index is 9.48. The third kappa shape index (κ3) is 4.01. The maximum absolute atomic E-state index is 9.48. The van der Waals surface area contributed by atoms with Crippen LogP contribution >= 0.6 is 0 Å². The molecule has 1 rings (SSSR count). The average Bonchev–Trinajstić information content (AvgIpc) is 2.80. The first-order valence-electron chi connectivity index (χ1n) is 6.25. The summed E-state index contributed by atoms with van der Waals surface area (Å²) in [5.41, 5.74) is -0.201. The number of nitrogens with zero attached hydrogens (tertiary/aromatic N) is 1. The lowest BCUT2D eigenvalue weighted by molar-refractivity contribution is 0.101. The number of hydrogen-bond donors (Lipinski definition) is 2. The van der Waals surface area contributed by atoms with Gasteiger partial charge in [-0.25, -0.2) is 0 Å². The minimum atomic E-state index is -0.201. The van der Waals surface area contributed by atoms with Crippen molar-refractivity contribution in [3.8, 4) is 0 Å². The van der Waals surface area contributed by atoms with Gasteiger partial charge in [0.25, 0.3) is 0 Å². The summed E-state index contributed by atoms with van der Waals surface area (Å²) in [5, 5.41) is 12.9. The first kappa shape index (κ1) is 13.9. The molecule has 4 nitrogen and oxygen atoms in total. The van der Waals surface area contributed by atoms with Gasteiger partial charge in [0.05, 0.1) is 18.8 Å². The maximum Gasteiger partial charge on any atom is 0.0623 e. The van der Waals surface area contributed by atoms with Gasteiger partial charge in [0.15, 0.2) is 0 Å². The minimum Gasteiger partial charge on any atom is -0.394 e. The number of likely N-dealkylation sites (N-methyl/N-ethyl adjacent to an activating group) is 1. The van der Waals surface area contributed by atoms with E-state index in [0.717, 1.165) is 39.1 Å². The lowest BCUT2D eigenvalue weighted by atomic mass is 10.0. The lowest BCUT2D eigenvalue weighted by Gasteiger charge is -2.35. The molecule has 0 amide bonds. The van der Waals surface area contributed by atoms with Crippen molar-refractivity contribution >= 4 is 0 Å². The van der Waals surface area contributed by atoms with Crippen LogP contribution in [0, 0.1) is 0 Å².